The number of rotatable bonds is 5. The van der Waals surface area contributed by atoms with Crippen LogP contribution in [0.15, 0.2) is 29.0 Å². The SMILES string of the molecule is O=C(NCCCN1CCCC1=O)c1ccc2ocnc2c1. The van der Waals surface area contributed by atoms with Crippen molar-refractivity contribution >= 4 is 22.9 Å². The number of nitrogens with one attached hydrogen (secondary N) is 1. The fourth-order valence-corrected chi connectivity index (χ4v) is 2.51. The summed E-state index contributed by atoms with van der Waals surface area (Å²) in [4.78, 5) is 29.3. The Balaban J connectivity index is 1.48. The summed E-state index contributed by atoms with van der Waals surface area (Å²) in [7, 11) is 0. The predicted molar refractivity (Wildman–Crippen MR) is 76.8 cm³/mol. The molecule has 1 aliphatic rings. The second-order valence-corrected chi connectivity index (χ2v) is 5.13. The van der Waals surface area contributed by atoms with Crippen molar-refractivity contribution in [2.75, 3.05) is 19.6 Å². The van der Waals surface area contributed by atoms with E-state index in [2.05, 4.69) is 10.3 Å². The van der Waals surface area contributed by atoms with Gasteiger partial charge in [-0.3, -0.25) is 9.59 Å². The number of amides is 2. The quantitative estimate of drug-likeness (QED) is 0.847. The van der Waals surface area contributed by atoms with Crippen molar-refractivity contribution in [1.82, 2.24) is 15.2 Å². The summed E-state index contributed by atoms with van der Waals surface area (Å²) < 4.78 is 5.14. The summed E-state index contributed by atoms with van der Waals surface area (Å²) in [6, 6.07) is 5.16. The van der Waals surface area contributed by atoms with Crippen LogP contribution in [0.1, 0.15) is 29.6 Å². The lowest BCUT2D eigenvalue weighted by atomic mass is 10.2. The normalized spacial score (nSPS) is 14.9. The summed E-state index contributed by atoms with van der Waals surface area (Å²) in [6.45, 7) is 2.11. The highest BCUT2D eigenvalue weighted by Crippen LogP contribution is 2.14. The van der Waals surface area contributed by atoms with E-state index in [4.69, 9.17) is 4.42 Å². The molecule has 1 N–H and O–H groups in total. The monoisotopic (exact) mass is 287 g/mol. The molecule has 2 amide bonds. The molecule has 1 aromatic heterocycles. The predicted octanol–water partition coefficient (Wildman–Crippen LogP) is 1.57. The fraction of sp³-hybridized carbons (Fsp3) is 0.400. The van der Waals surface area contributed by atoms with Crippen molar-refractivity contribution in [3.63, 3.8) is 0 Å². The van der Waals surface area contributed by atoms with Crippen molar-refractivity contribution in [2.45, 2.75) is 19.3 Å². The smallest absolute Gasteiger partial charge is 0.251 e. The molecular weight excluding hydrogens is 270 g/mol. The van der Waals surface area contributed by atoms with E-state index in [1.54, 1.807) is 18.2 Å². The Morgan fingerprint density at radius 3 is 3.14 bits per heavy atom. The van der Waals surface area contributed by atoms with Crippen molar-refractivity contribution in [3.8, 4) is 0 Å². The number of oxazole rings is 1. The molecule has 1 aromatic carbocycles. The zero-order chi connectivity index (χ0) is 14.7. The van der Waals surface area contributed by atoms with E-state index < -0.39 is 0 Å². The minimum atomic E-state index is -0.132. The Kier molecular flexibility index (Phi) is 3.85. The second kappa shape index (κ2) is 5.95. The van der Waals surface area contributed by atoms with Crippen molar-refractivity contribution < 1.29 is 14.0 Å². The molecule has 1 fully saturated rings. The average molecular weight is 287 g/mol. The summed E-state index contributed by atoms with van der Waals surface area (Å²) >= 11 is 0. The molecule has 1 saturated heterocycles. The Bertz CT molecular complexity index is 665. The Morgan fingerprint density at radius 1 is 1.43 bits per heavy atom. The zero-order valence-electron chi connectivity index (χ0n) is 11.7. The second-order valence-electron chi connectivity index (χ2n) is 5.13. The highest BCUT2D eigenvalue weighted by molar-refractivity contribution is 5.97. The number of hydrogen-bond acceptors (Lipinski definition) is 4. The van der Waals surface area contributed by atoms with Gasteiger partial charge in [-0.2, -0.15) is 0 Å². The minimum Gasteiger partial charge on any atom is -0.443 e. The molecule has 0 unspecified atom stereocenters. The third-order valence-electron chi connectivity index (χ3n) is 3.65. The molecular formula is C15H17N3O3. The molecule has 3 rings (SSSR count). The molecule has 2 heterocycles. The number of nitrogens with zero attached hydrogens (tertiary/aromatic N) is 2. The van der Waals surface area contributed by atoms with Gasteiger partial charge in [0, 0.05) is 31.6 Å². The van der Waals surface area contributed by atoms with Gasteiger partial charge in [-0.05, 0) is 31.0 Å². The van der Waals surface area contributed by atoms with E-state index >= 15 is 0 Å². The zero-order valence-corrected chi connectivity index (χ0v) is 11.7. The molecule has 0 aliphatic carbocycles. The van der Waals surface area contributed by atoms with Crippen molar-refractivity contribution in [1.29, 1.82) is 0 Å². The van der Waals surface area contributed by atoms with Crippen LogP contribution < -0.4 is 5.32 Å². The maximum absolute atomic E-state index is 12.0. The van der Waals surface area contributed by atoms with Gasteiger partial charge in [0.05, 0.1) is 0 Å². The lowest BCUT2D eigenvalue weighted by Crippen LogP contribution is -2.30. The van der Waals surface area contributed by atoms with Gasteiger partial charge in [0.2, 0.25) is 5.91 Å². The first-order valence-corrected chi connectivity index (χ1v) is 7.13. The molecule has 6 nitrogen and oxygen atoms in total. The lowest BCUT2D eigenvalue weighted by molar-refractivity contribution is -0.127. The first-order valence-electron chi connectivity index (χ1n) is 7.13. The first kappa shape index (κ1) is 13.6. The molecule has 0 bridgehead atoms. The van der Waals surface area contributed by atoms with Gasteiger partial charge in [0.1, 0.15) is 5.52 Å². The molecule has 0 saturated carbocycles. The first-order chi connectivity index (χ1) is 10.2. The van der Waals surface area contributed by atoms with Crippen molar-refractivity contribution in [2.24, 2.45) is 0 Å². The summed E-state index contributed by atoms with van der Waals surface area (Å²) in [6.07, 6.45) is 3.73. The van der Waals surface area contributed by atoms with Gasteiger partial charge in [-0.25, -0.2) is 4.98 Å². The van der Waals surface area contributed by atoms with E-state index in [1.807, 2.05) is 4.90 Å². The van der Waals surface area contributed by atoms with Crippen LogP contribution in [0.4, 0.5) is 0 Å². The molecule has 0 radical (unpaired) electrons. The van der Waals surface area contributed by atoms with Gasteiger partial charge in [0.25, 0.3) is 5.91 Å². The van der Waals surface area contributed by atoms with Gasteiger partial charge >= 0.3 is 0 Å². The van der Waals surface area contributed by atoms with Crippen LogP contribution >= 0.6 is 0 Å². The van der Waals surface area contributed by atoms with E-state index in [0.29, 0.717) is 36.2 Å². The van der Waals surface area contributed by atoms with Gasteiger partial charge in [-0.15, -0.1) is 0 Å². The van der Waals surface area contributed by atoms with E-state index in [9.17, 15) is 9.59 Å². The third-order valence-corrected chi connectivity index (χ3v) is 3.65. The third kappa shape index (κ3) is 3.04. The summed E-state index contributed by atoms with van der Waals surface area (Å²) in [5.41, 5.74) is 1.90. The van der Waals surface area contributed by atoms with Crippen LogP contribution in [-0.4, -0.2) is 41.3 Å². The number of carbonyl (C=O) groups is 2. The number of hydrogen-bond donors (Lipinski definition) is 1. The van der Waals surface area contributed by atoms with Crippen LogP contribution in [0.5, 0.6) is 0 Å². The molecule has 21 heavy (non-hydrogen) atoms. The molecule has 0 atom stereocenters. The molecule has 6 heteroatoms. The number of benzene rings is 1. The number of fused-ring (bicyclic) bond motifs is 1. The van der Waals surface area contributed by atoms with Crippen LogP contribution in [0.2, 0.25) is 0 Å². The minimum absolute atomic E-state index is 0.132. The lowest BCUT2D eigenvalue weighted by Gasteiger charge is -2.15. The van der Waals surface area contributed by atoms with E-state index in [1.165, 1.54) is 6.39 Å². The molecule has 0 spiro atoms. The number of likely N-dealkylation sites (tertiary alicyclic amines) is 1. The molecule has 110 valence electrons. The summed E-state index contributed by atoms with van der Waals surface area (Å²) in [5, 5.41) is 2.86. The maximum atomic E-state index is 12.0. The molecule has 1 aliphatic heterocycles. The Labute approximate surface area is 122 Å². The average Bonchev–Trinajstić information content (AvgIpc) is 3.11. The largest absolute Gasteiger partial charge is 0.443 e. The van der Waals surface area contributed by atoms with Crippen molar-refractivity contribution in [3.05, 3.63) is 30.2 Å². The van der Waals surface area contributed by atoms with Crippen LogP contribution in [0, 0.1) is 0 Å². The van der Waals surface area contributed by atoms with Crippen LogP contribution in [-0.2, 0) is 4.79 Å². The van der Waals surface area contributed by atoms with E-state index in [-0.39, 0.29) is 11.8 Å². The van der Waals surface area contributed by atoms with Crippen LogP contribution in [0.3, 0.4) is 0 Å². The highest BCUT2D eigenvalue weighted by Gasteiger charge is 2.19. The van der Waals surface area contributed by atoms with Gasteiger partial charge in [-0.1, -0.05) is 0 Å². The van der Waals surface area contributed by atoms with Gasteiger partial charge < -0.3 is 14.6 Å². The Hall–Kier alpha value is -2.37. The summed E-state index contributed by atoms with van der Waals surface area (Å²) in [5.74, 6) is 0.0884. The Morgan fingerprint density at radius 2 is 2.33 bits per heavy atom. The number of carbonyl (C=O) groups excluding carboxylic acids is 2. The molecule has 2 aromatic rings. The maximum Gasteiger partial charge on any atom is 0.251 e. The van der Waals surface area contributed by atoms with E-state index in [0.717, 1.165) is 19.4 Å². The highest BCUT2D eigenvalue weighted by atomic mass is 16.3. The van der Waals surface area contributed by atoms with Gasteiger partial charge in [0.15, 0.2) is 12.0 Å². The van der Waals surface area contributed by atoms with Crippen LogP contribution in [0.25, 0.3) is 11.1 Å². The standard InChI is InChI=1S/C15H17N3O3/c19-14-3-1-7-18(14)8-2-6-16-15(20)11-4-5-13-12(9-11)17-10-21-13/h4-5,9-10H,1-3,6-8H2,(H,16,20). The number of aromatic nitrogens is 1. The topological polar surface area (TPSA) is 75.4 Å². The fourth-order valence-electron chi connectivity index (χ4n) is 2.51.